The number of carbonyl (C=O) groups excluding carboxylic acids is 2. The third kappa shape index (κ3) is 9.24. The molecule has 15 heteroatoms. The molecule has 0 unspecified atom stereocenters. The Morgan fingerprint density at radius 2 is 1.76 bits per heavy atom. The summed E-state index contributed by atoms with van der Waals surface area (Å²) in [6.45, 7) is 9.06. The smallest absolute Gasteiger partial charge is 0.410 e. The number of nitrogens with zero attached hydrogens (tertiary/aromatic N) is 6. The Labute approximate surface area is 287 Å². The number of sulfonamides is 1. The van der Waals surface area contributed by atoms with E-state index in [-0.39, 0.29) is 35.9 Å². The second-order valence-corrected chi connectivity index (χ2v) is 15.9. The number of esters is 1. The molecule has 3 aliphatic rings. The molecule has 270 valence electrons. The number of aliphatic hydroxyl groups excluding tert-OH is 1. The summed E-state index contributed by atoms with van der Waals surface area (Å²) in [6.07, 6.45) is 5.84. The summed E-state index contributed by atoms with van der Waals surface area (Å²) in [5, 5.41) is 19.0. The Hall–Kier alpha value is -3.40. The van der Waals surface area contributed by atoms with E-state index in [0.717, 1.165) is 13.1 Å². The molecule has 1 N–H and O–H groups in total. The number of fused-ring (bicyclic) bond motifs is 1. The lowest BCUT2D eigenvalue weighted by atomic mass is 9.91. The maximum Gasteiger partial charge on any atom is 0.410 e. The standard InChI is InChI=1S/C34H49FN6O7S/c1-22-6-8-27(42)21-31(43)48-33(23(2)7-9-30(22)47-34(44)39-16-14-38(4)15-17-39)24(3)18-25-19-28(35)32-29(20-25)41(37-36-32)26-10-12-40(13-11-26)49(5,45)46/h7,9,18-20,22-23,26-27,30,33,42H,6,8,10-17,21H2,1-5H3/b9-7-,24-18+/t22-,23-,27+,30-,33-/m0/s1. The summed E-state index contributed by atoms with van der Waals surface area (Å²) >= 11 is 0. The number of hydrogen-bond donors (Lipinski definition) is 1. The van der Waals surface area contributed by atoms with Gasteiger partial charge in [-0.3, -0.25) is 4.79 Å². The summed E-state index contributed by atoms with van der Waals surface area (Å²) in [4.78, 5) is 29.9. The van der Waals surface area contributed by atoms with Crippen molar-refractivity contribution in [3.05, 3.63) is 41.2 Å². The molecule has 0 bridgehead atoms. The first-order valence-corrected chi connectivity index (χ1v) is 18.9. The lowest BCUT2D eigenvalue weighted by Gasteiger charge is -2.33. The normalized spacial score (nSPS) is 28.5. The molecule has 1 aromatic heterocycles. The number of halogens is 1. The molecule has 5 rings (SSSR count). The van der Waals surface area contributed by atoms with Crippen LogP contribution < -0.4 is 0 Å². The van der Waals surface area contributed by atoms with Crippen molar-refractivity contribution < 1.29 is 37.0 Å². The average molecular weight is 705 g/mol. The number of aliphatic hydroxyl groups is 1. The van der Waals surface area contributed by atoms with Crippen LogP contribution in [0.25, 0.3) is 17.1 Å². The van der Waals surface area contributed by atoms with Gasteiger partial charge in [0.2, 0.25) is 10.0 Å². The molecule has 3 aliphatic heterocycles. The van der Waals surface area contributed by atoms with Gasteiger partial charge in [-0.2, -0.15) is 0 Å². The highest BCUT2D eigenvalue weighted by molar-refractivity contribution is 7.88. The first kappa shape index (κ1) is 36.9. The van der Waals surface area contributed by atoms with Crippen LogP contribution in [0.5, 0.6) is 0 Å². The SMILES string of the molecule is C/C(=C\c1cc(F)c2nnn(C3CCN(S(C)(=O)=O)CC3)c2c1)[C@H]1OC(=O)C[C@H](O)CC[C@H](C)[C@@H](OC(=O)N2CCN(C)CC2)/C=C\[C@@H]1C. The van der Waals surface area contributed by atoms with Crippen LogP contribution in [0, 0.1) is 17.7 Å². The predicted molar refractivity (Wildman–Crippen MR) is 182 cm³/mol. The van der Waals surface area contributed by atoms with Gasteiger partial charge in [0, 0.05) is 45.2 Å². The number of ether oxygens (including phenoxy) is 2. The summed E-state index contributed by atoms with van der Waals surface area (Å²) in [5.74, 6) is -1.55. The molecule has 1 amide bonds. The van der Waals surface area contributed by atoms with Crippen LogP contribution >= 0.6 is 0 Å². The molecule has 0 spiro atoms. The Morgan fingerprint density at radius 1 is 1.06 bits per heavy atom. The number of piperazine rings is 1. The van der Waals surface area contributed by atoms with Crippen molar-refractivity contribution >= 4 is 39.2 Å². The lowest BCUT2D eigenvalue weighted by Crippen LogP contribution is -2.48. The first-order chi connectivity index (χ1) is 23.2. The number of benzene rings is 1. The molecule has 0 saturated carbocycles. The van der Waals surface area contributed by atoms with E-state index < -0.39 is 40.1 Å². The van der Waals surface area contributed by atoms with Crippen molar-refractivity contribution in [2.24, 2.45) is 11.8 Å². The minimum absolute atomic E-state index is 0.105. The van der Waals surface area contributed by atoms with E-state index >= 15 is 4.39 Å². The fraction of sp³-hybridized carbons (Fsp3) is 0.647. The molecule has 49 heavy (non-hydrogen) atoms. The van der Waals surface area contributed by atoms with E-state index in [1.165, 1.54) is 16.6 Å². The minimum Gasteiger partial charge on any atom is -0.457 e. The zero-order valence-electron chi connectivity index (χ0n) is 29.0. The third-order valence-corrected chi connectivity index (χ3v) is 11.2. The summed E-state index contributed by atoms with van der Waals surface area (Å²) in [5.41, 5.74) is 1.78. The Kier molecular flexibility index (Phi) is 11.8. The number of rotatable bonds is 5. The van der Waals surface area contributed by atoms with E-state index in [1.54, 1.807) is 28.6 Å². The zero-order chi connectivity index (χ0) is 35.5. The third-order valence-electron chi connectivity index (χ3n) is 9.89. The second-order valence-electron chi connectivity index (χ2n) is 13.9. The van der Waals surface area contributed by atoms with Crippen molar-refractivity contribution in [3.8, 4) is 0 Å². The van der Waals surface area contributed by atoms with Gasteiger partial charge in [0.1, 0.15) is 17.7 Å². The van der Waals surface area contributed by atoms with Crippen LogP contribution in [0.1, 0.15) is 64.5 Å². The summed E-state index contributed by atoms with van der Waals surface area (Å²) < 4.78 is 54.4. The monoisotopic (exact) mass is 704 g/mol. The number of piperidine rings is 1. The number of cyclic esters (lactones) is 1. The summed E-state index contributed by atoms with van der Waals surface area (Å²) in [6, 6.07) is 2.99. The quantitative estimate of drug-likeness (QED) is 0.362. The molecule has 5 atom stereocenters. The number of likely N-dealkylation sites (N-methyl/N-ethyl adjacent to an activating group) is 1. The lowest BCUT2D eigenvalue weighted by molar-refractivity contribution is -0.151. The highest BCUT2D eigenvalue weighted by atomic mass is 32.2. The molecular weight excluding hydrogens is 655 g/mol. The van der Waals surface area contributed by atoms with Crippen molar-refractivity contribution in [1.82, 2.24) is 29.1 Å². The van der Waals surface area contributed by atoms with Gasteiger partial charge in [0.05, 0.1) is 30.3 Å². The Morgan fingerprint density at radius 3 is 2.43 bits per heavy atom. The molecule has 4 heterocycles. The fourth-order valence-corrected chi connectivity index (χ4v) is 7.64. The average Bonchev–Trinajstić information content (AvgIpc) is 3.48. The molecule has 2 fully saturated rings. The molecule has 2 saturated heterocycles. The van der Waals surface area contributed by atoms with E-state index in [2.05, 4.69) is 15.2 Å². The predicted octanol–water partition coefficient (Wildman–Crippen LogP) is 3.61. The highest BCUT2D eigenvalue weighted by Gasteiger charge is 2.30. The van der Waals surface area contributed by atoms with Gasteiger partial charge < -0.3 is 24.4 Å². The molecule has 13 nitrogen and oxygen atoms in total. The van der Waals surface area contributed by atoms with Gasteiger partial charge in [-0.05, 0) is 74.9 Å². The van der Waals surface area contributed by atoms with Gasteiger partial charge in [-0.15, -0.1) is 5.10 Å². The van der Waals surface area contributed by atoms with Crippen LogP contribution in [-0.2, 0) is 24.3 Å². The van der Waals surface area contributed by atoms with E-state index in [9.17, 15) is 23.1 Å². The van der Waals surface area contributed by atoms with Crippen molar-refractivity contribution in [2.45, 2.75) is 77.2 Å². The number of hydrogen-bond acceptors (Lipinski definition) is 10. The van der Waals surface area contributed by atoms with Gasteiger partial charge in [0.15, 0.2) is 5.82 Å². The number of carbonyl (C=O) groups is 2. The van der Waals surface area contributed by atoms with Crippen LogP contribution in [0.2, 0.25) is 0 Å². The molecule has 0 radical (unpaired) electrons. The van der Waals surface area contributed by atoms with Crippen molar-refractivity contribution in [3.63, 3.8) is 0 Å². The van der Waals surface area contributed by atoms with E-state index in [1.807, 2.05) is 33.0 Å². The first-order valence-electron chi connectivity index (χ1n) is 17.1. The fourth-order valence-electron chi connectivity index (χ4n) is 6.77. The second kappa shape index (κ2) is 15.7. The molecule has 0 aliphatic carbocycles. The van der Waals surface area contributed by atoms with Gasteiger partial charge in [0.25, 0.3) is 0 Å². The minimum atomic E-state index is -3.30. The zero-order valence-corrected chi connectivity index (χ0v) is 29.8. The number of aromatic nitrogens is 3. The van der Waals surface area contributed by atoms with Gasteiger partial charge in [-0.25, -0.2) is 26.6 Å². The van der Waals surface area contributed by atoms with Crippen LogP contribution in [0.3, 0.4) is 0 Å². The van der Waals surface area contributed by atoms with Crippen molar-refractivity contribution in [2.75, 3.05) is 52.6 Å². The van der Waals surface area contributed by atoms with E-state index in [0.29, 0.717) is 68.5 Å². The van der Waals surface area contributed by atoms with Crippen molar-refractivity contribution in [1.29, 1.82) is 0 Å². The van der Waals surface area contributed by atoms with Crippen LogP contribution in [0.15, 0.2) is 29.9 Å². The maximum atomic E-state index is 15.4. The van der Waals surface area contributed by atoms with Crippen LogP contribution in [-0.4, -0.2) is 126 Å². The maximum absolute atomic E-state index is 15.4. The van der Waals surface area contributed by atoms with Gasteiger partial charge >= 0.3 is 12.1 Å². The molecule has 1 aromatic carbocycles. The molecule has 2 aromatic rings. The van der Waals surface area contributed by atoms with Crippen LogP contribution in [0.4, 0.5) is 9.18 Å². The summed E-state index contributed by atoms with van der Waals surface area (Å²) in [7, 11) is -1.28. The van der Waals surface area contributed by atoms with Gasteiger partial charge in [-0.1, -0.05) is 31.2 Å². The largest absolute Gasteiger partial charge is 0.457 e. The topological polar surface area (TPSA) is 147 Å². The Bertz CT molecular complexity index is 1660. The number of amides is 1. The van der Waals surface area contributed by atoms with E-state index in [4.69, 9.17) is 9.47 Å². The Balaban J connectivity index is 1.39. The molecular formula is C34H49FN6O7S. The highest BCUT2D eigenvalue weighted by Crippen LogP contribution is 2.30.